The predicted molar refractivity (Wildman–Crippen MR) is 179 cm³/mol. The third kappa shape index (κ3) is 6.68. The second-order valence-electron chi connectivity index (χ2n) is 12.2. The molecule has 44 heavy (non-hydrogen) atoms. The Kier molecular flexibility index (Phi) is 9.74. The zero-order chi connectivity index (χ0) is 31.4. The molecule has 0 bridgehead atoms. The van der Waals surface area contributed by atoms with Crippen LogP contribution in [-0.4, -0.2) is 65.9 Å². The Hall–Kier alpha value is -4.10. The van der Waals surface area contributed by atoms with E-state index >= 15 is 0 Å². The Balaban J connectivity index is 1.54. The number of rotatable bonds is 6. The first-order chi connectivity index (χ1) is 21.2. The van der Waals surface area contributed by atoms with E-state index in [0.717, 1.165) is 70.5 Å². The van der Waals surface area contributed by atoms with Crippen molar-refractivity contribution in [3.63, 3.8) is 0 Å². The number of methoxy groups -OCH3 is 1. The van der Waals surface area contributed by atoms with Gasteiger partial charge in [-0.1, -0.05) is 48.9 Å². The van der Waals surface area contributed by atoms with Crippen LogP contribution in [0.25, 0.3) is 10.9 Å². The van der Waals surface area contributed by atoms with Gasteiger partial charge in [-0.2, -0.15) is 0 Å². The first-order valence-electron chi connectivity index (χ1n) is 15.9. The SMILES string of the molecule is CCc1c(C(=O)N2CCN(C(C)C)CCCN(C(=O)Cc3ccc(OC)cc3)c3c(C)cccc3C2)[nH]c2ccc(C)cc12. The van der Waals surface area contributed by atoms with Gasteiger partial charge in [-0.3, -0.25) is 14.5 Å². The van der Waals surface area contributed by atoms with Gasteiger partial charge in [0.25, 0.3) is 5.91 Å². The van der Waals surface area contributed by atoms with Gasteiger partial charge in [0.2, 0.25) is 5.91 Å². The molecule has 0 radical (unpaired) electrons. The number of hydrogen-bond donors (Lipinski definition) is 1. The molecule has 1 aliphatic heterocycles. The molecule has 232 valence electrons. The molecule has 7 heteroatoms. The summed E-state index contributed by atoms with van der Waals surface area (Å²) in [5.74, 6) is 0.827. The molecule has 0 aliphatic carbocycles. The van der Waals surface area contributed by atoms with Crippen LogP contribution >= 0.6 is 0 Å². The minimum atomic E-state index is 0.00206. The van der Waals surface area contributed by atoms with E-state index in [9.17, 15) is 9.59 Å². The summed E-state index contributed by atoms with van der Waals surface area (Å²) in [4.78, 5) is 38.3. The average Bonchev–Trinajstić information content (AvgIpc) is 3.36. The Labute approximate surface area is 261 Å². The summed E-state index contributed by atoms with van der Waals surface area (Å²) < 4.78 is 5.31. The zero-order valence-corrected chi connectivity index (χ0v) is 27.1. The molecule has 0 saturated heterocycles. The van der Waals surface area contributed by atoms with Crippen molar-refractivity contribution >= 4 is 28.4 Å². The number of amides is 2. The van der Waals surface area contributed by atoms with E-state index < -0.39 is 0 Å². The van der Waals surface area contributed by atoms with Crippen molar-refractivity contribution in [3.8, 4) is 5.75 Å². The van der Waals surface area contributed by atoms with E-state index in [1.54, 1.807) is 7.11 Å². The van der Waals surface area contributed by atoms with Crippen LogP contribution in [0.4, 0.5) is 5.69 Å². The van der Waals surface area contributed by atoms with Gasteiger partial charge in [-0.05, 0) is 87.1 Å². The number of para-hydroxylation sites is 1. The standard InChI is InChI=1S/C37H46N4O3/c1-7-31-32-22-26(4)12-17-33(32)38-35(31)37(43)40-21-20-39(25(2)3)18-9-19-41(36-27(5)10-8-11-29(36)24-40)34(42)23-28-13-15-30(44-6)16-14-28/h8,10-17,22,25,38H,7,9,18-21,23-24H2,1-6H3. The Morgan fingerprint density at radius 3 is 2.43 bits per heavy atom. The summed E-state index contributed by atoms with van der Waals surface area (Å²) in [5, 5.41) is 1.11. The molecule has 0 saturated carbocycles. The number of aromatic amines is 1. The van der Waals surface area contributed by atoms with Gasteiger partial charge in [0.05, 0.1) is 19.2 Å². The van der Waals surface area contributed by atoms with E-state index in [2.05, 4.69) is 74.8 Å². The summed E-state index contributed by atoms with van der Waals surface area (Å²) in [6.07, 6.45) is 1.90. The Morgan fingerprint density at radius 2 is 1.73 bits per heavy atom. The molecular weight excluding hydrogens is 548 g/mol. The lowest BCUT2D eigenvalue weighted by Crippen LogP contribution is -2.41. The number of fused-ring (bicyclic) bond motifs is 2. The highest BCUT2D eigenvalue weighted by Gasteiger charge is 2.28. The molecule has 0 spiro atoms. The van der Waals surface area contributed by atoms with E-state index in [-0.39, 0.29) is 11.8 Å². The minimum absolute atomic E-state index is 0.00206. The van der Waals surface area contributed by atoms with Crippen molar-refractivity contribution in [3.05, 3.63) is 94.2 Å². The molecule has 7 nitrogen and oxygen atoms in total. The van der Waals surface area contributed by atoms with Gasteiger partial charge in [0.15, 0.2) is 0 Å². The van der Waals surface area contributed by atoms with Crippen LogP contribution in [0.15, 0.2) is 60.7 Å². The van der Waals surface area contributed by atoms with E-state index in [1.165, 1.54) is 5.56 Å². The van der Waals surface area contributed by atoms with Gasteiger partial charge in [-0.25, -0.2) is 0 Å². The number of H-pyrrole nitrogens is 1. The van der Waals surface area contributed by atoms with Crippen LogP contribution in [0, 0.1) is 13.8 Å². The van der Waals surface area contributed by atoms with Crippen LogP contribution in [0.5, 0.6) is 5.75 Å². The number of hydrogen-bond acceptors (Lipinski definition) is 4. The van der Waals surface area contributed by atoms with Gasteiger partial charge >= 0.3 is 0 Å². The zero-order valence-electron chi connectivity index (χ0n) is 27.1. The van der Waals surface area contributed by atoms with Crippen molar-refractivity contribution in [2.45, 2.75) is 66.5 Å². The number of nitrogens with one attached hydrogen (secondary N) is 1. The highest BCUT2D eigenvalue weighted by Crippen LogP contribution is 2.31. The summed E-state index contributed by atoms with van der Waals surface area (Å²) in [6, 6.07) is 20.5. The maximum absolute atomic E-state index is 14.4. The molecule has 1 N–H and O–H groups in total. The molecule has 2 heterocycles. The third-order valence-corrected chi connectivity index (χ3v) is 8.90. The minimum Gasteiger partial charge on any atom is -0.497 e. The third-order valence-electron chi connectivity index (χ3n) is 8.90. The fraction of sp³-hybridized carbons (Fsp3) is 0.405. The van der Waals surface area contributed by atoms with Gasteiger partial charge in [0.1, 0.15) is 11.4 Å². The van der Waals surface area contributed by atoms with Crippen LogP contribution in [-0.2, 0) is 24.2 Å². The lowest BCUT2D eigenvalue weighted by atomic mass is 10.0. The van der Waals surface area contributed by atoms with Crippen LogP contribution in [0.1, 0.15) is 65.5 Å². The summed E-state index contributed by atoms with van der Waals surface area (Å²) >= 11 is 0. The Morgan fingerprint density at radius 1 is 0.955 bits per heavy atom. The lowest BCUT2D eigenvalue weighted by Gasteiger charge is -2.30. The van der Waals surface area contributed by atoms with Crippen molar-refractivity contribution in [1.82, 2.24) is 14.8 Å². The number of carbonyl (C=O) groups excluding carboxylic acids is 2. The van der Waals surface area contributed by atoms with Crippen molar-refractivity contribution < 1.29 is 14.3 Å². The molecule has 0 fully saturated rings. The highest BCUT2D eigenvalue weighted by molar-refractivity contribution is 6.01. The summed E-state index contributed by atoms with van der Waals surface area (Å²) in [7, 11) is 1.64. The number of nitrogens with zero attached hydrogens (tertiary/aromatic N) is 3. The topological polar surface area (TPSA) is 68.9 Å². The molecule has 3 aromatic carbocycles. The first-order valence-corrected chi connectivity index (χ1v) is 15.9. The average molecular weight is 595 g/mol. The van der Waals surface area contributed by atoms with Crippen LogP contribution in [0.3, 0.4) is 0 Å². The number of aromatic nitrogens is 1. The largest absolute Gasteiger partial charge is 0.497 e. The maximum atomic E-state index is 14.4. The molecule has 1 aliphatic rings. The smallest absolute Gasteiger partial charge is 0.270 e. The summed E-state index contributed by atoms with van der Waals surface area (Å²) in [5.41, 5.74) is 7.79. The summed E-state index contributed by atoms with van der Waals surface area (Å²) in [6.45, 7) is 13.9. The predicted octanol–water partition coefficient (Wildman–Crippen LogP) is 6.69. The molecule has 0 atom stereocenters. The van der Waals surface area contributed by atoms with E-state index in [1.807, 2.05) is 40.1 Å². The number of anilines is 1. The van der Waals surface area contributed by atoms with Crippen molar-refractivity contribution in [1.29, 1.82) is 0 Å². The van der Waals surface area contributed by atoms with E-state index in [0.29, 0.717) is 37.8 Å². The maximum Gasteiger partial charge on any atom is 0.270 e. The molecule has 5 rings (SSSR count). The van der Waals surface area contributed by atoms with E-state index in [4.69, 9.17) is 4.74 Å². The number of benzene rings is 3. The quantitative estimate of drug-likeness (QED) is 0.270. The highest BCUT2D eigenvalue weighted by atomic mass is 16.5. The number of ether oxygens (including phenoxy) is 1. The van der Waals surface area contributed by atoms with Crippen molar-refractivity contribution in [2.24, 2.45) is 0 Å². The molecular formula is C37H46N4O3. The molecule has 2 amide bonds. The van der Waals surface area contributed by atoms with Crippen LogP contribution < -0.4 is 9.64 Å². The van der Waals surface area contributed by atoms with Gasteiger partial charge < -0.3 is 19.5 Å². The lowest BCUT2D eigenvalue weighted by molar-refractivity contribution is -0.118. The second-order valence-corrected chi connectivity index (χ2v) is 12.2. The Bertz CT molecular complexity index is 1620. The number of aryl methyl sites for hydroxylation is 3. The van der Waals surface area contributed by atoms with Gasteiger partial charge in [0, 0.05) is 49.7 Å². The van der Waals surface area contributed by atoms with Gasteiger partial charge in [-0.15, -0.1) is 0 Å². The normalized spacial score (nSPS) is 14.9. The first kappa shape index (κ1) is 31.3. The fourth-order valence-electron chi connectivity index (χ4n) is 6.44. The second kappa shape index (κ2) is 13.7. The molecule has 4 aromatic rings. The van der Waals surface area contributed by atoms with Crippen LogP contribution in [0.2, 0.25) is 0 Å². The molecule has 1 aromatic heterocycles. The monoisotopic (exact) mass is 594 g/mol. The molecule has 0 unspecified atom stereocenters. The van der Waals surface area contributed by atoms with Crippen molar-refractivity contribution in [2.75, 3.05) is 38.2 Å². The number of carbonyl (C=O) groups is 2. The fourth-order valence-corrected chi connectivity index (χ4v) is 6.44.